The Kier molecular flexibility index (Phi) is 5.82. The molecule has 0 fully saturated rings. The van der Waals surface area contributed by atoms with Crippen LogP contribution in [0.5, 0.6) is 0 Å². The van der Waals surface area contributed by atoms with Crippen LogP contribution in [0.15, 0.2) is 10.3 Å². The lowest BCUT2D eigenvalue weighted by Crippen LogP contribution is -2.35. The van der Waals surface area contributed by atoms with Crippen molar-refractivity contribution in [2.45, 2.75) is 17.9 Å². The van der Waals surface area contributed by atoms with Crippen molar-refractivity contribution in [1.29, 1.82) is 0 Å². The van der Waals surface area contributed by atoms with Crippen LogP contribution in [0.1, 0.15) is 6.92 Å². The zero-order chi connectivity index (χ0) is 18.0. The molecule has 0 heterocycles. The minimum atomic E-state index is -6.46. The summed E-state index contributed by atoms with van der Waals surface area (Å²) in [5.74, 6) is 0. The summed E-state index contributed by atoms with van der Waals surface area (Å²) < 4.78 is 119. The Labute approximate surface area is 119 Å². The summed E-state index contributed by atoms with van der Waals surface area (Å²) in [5, 5.41) is 2.41. The number of rotatable bonds is 4. The molecule has 0 amide bonds. The summed E-state index contributed by atoms with van der Waals surface area (Å²) in [6, 6.07) is 0. The predicted molar refractivity (Wildman–Crippen MR) is 58.6 cm³/mol. The third-order valence-corrected chi connectivity index (χ3v) is 3.92. The van der Waals surface area contributed by atoms with Crippen molar-refractivity contribution in [2.24, 2.45) is 10.3 Å². The third kappa shape index (κ3) is 4.46. The van der Waals surface area contributed by atoms with E-state index < -0.39 is 41.7 Å². The van der Waals surface area contributed by atoms with E-state index in [-0.39, 0.29) is 0 Å². The van der Waals surface area contributed by atoms with E-state index in [4.69, 9.17) is 0 Å². The number of nitrogens with zero attached hydrogens (tertiary/aromatic N) is 2. The van der Waals surface area contributed by atoms with Gasteiger partial charge >= 0.3 is 21.1 Å². The number of hydrogen-bond donors (Lipinski definition) is 0. The summed E-state index contributed by atoms with van der Waals surface area (Å²) in [6.07, 6.45) is 0. The molecule has 130 valence electrons. The second-order valence-electron chi connectivity index (χ2n) is 3.18. The van der Waals surface area contributed by atoms with Crippen LogP contribution in [0.25, 0.3) is 0 Å². The first kappa shape index (κ1) is 20.4. The minimum absolute atomic E-state index is 0.551. The van der Waals surface area contributed by atoms with E-state index in [1.165, 1.54) is 0 Å². The second-order valence-corrected chi connectivity index (χ2v) is 6.56. The van der Waals surface area contributed by atoms with Crippen molar-refractivity contribution >= 4 is 30.7 Å². The maximum Gasteiger partial charge on any atom is 0.536 e. The summed E-state index contributed by atoms with van der Waals surface area (Å²) in [4.78, 5) is 3.94. The molecule has 0 aromatic rings. The second kappa shape index (κ2) is 6.27. The van der Waals surface area contributed by atoms with Crippen LogP contribution in [-0.4, -0.2) is 45.7 Å². The Morgan fingerprint density at radius 2 is 1.36 bits per heavy atom. The Morgan fingerprint density at radius 3 is 1.68 bits per heavy atom. The standard InChI is InChI=1S/C6H6F6N2O6S2/c1-3(13-19-2)4(21(15,16)5(7,8)9)14-20-22(17,18)6(10,11)12/h1-2H3. The lowest BCUT2D eigenvalue weighted by atomic mass is 10.5. The van der Waals surface area contributed by atoms with Crippen LogP contribution in [-0.2, 0) is 29.1 Å². The average molecular weight is 380 g/mol. The highest BCUT2D eigenvalue weighted by Crippen LogP contribution is 2.28. The van der Waals surface area contributed by atoms with E-state index in [0.717, 1.165) is 7.11 Å². The first-order valence-corrected chi connectivity index (χ1v) is 7.44. The van der Waals surface area contributed by atoms with Gasteiger partial charge in [-0.2, -0.15) is 34.8 Å². The van der Waals surface area contributed by atoms with Gasteiger partial charge in [-0.25, -0.2) is 8.42 Å². The van der Waals surface area contributed by atoms with Gasteiger partial charge in [-0.15, -0.1) is 0 Å². The van der Waals surface area contributed by atoms with Crippen molar-refractivity contribution in [3.63, 3.8) is 0 Å². The van der Waals surface area contributed by atoms with Crippen molar-refractivity contribution in [2.75, 3.05) is 7.11 Å². The first-order chi connectivity index (χ1) is 9.58. The summed E-state index contributed by atoms with van der Waals surface area (Å²) in [7, 11) is -12.0. The molecule has 22 heavy (non-hydrogen) atoms. The van der Waals surface area contributed by atoms with Gasteiger partial charge in [0.15, 0.2) is 0 Å². The fourth-order valence-corrected chi connectivity index (χ4v) is 1.81. The molecule has 0 N–H and O–H groups in total. The van der Waals surface area contributed by atoms with E-state index in [1.54, 1.807) is 0 Å². The molecule has 0 saturated carbocycles. The molecule has 16 heteroatoms. The SMILES string of the molecule is CON=C(C)C(=NOS(=O)(=O)C(F)(F)F)S(=O)(=O)C(F)(F)F. The number of hydrogen-bond acceptors (Lipinski definition) is 8. The van der Waals surface area contributed by atoms with Gasteiger partial charge < -0.3 is 4.84 Å². The van der Waals surface area contributed by atoms with Crippen molar-refractivity contribution < 1.29 is 52.3 Å². The lowest BCUT2D eigenvalue weighted by Gasteiger charge is -2.10. The molecule has 0 unspecified atom stereocenters. The van der Waals surface area contributed by atoms with Gasteiger partial charge in [0.2, 0.25) is 5.04 Å². The molecule has 0 atom stereocenters. The average Bonchev–Trinajstić information content (AvgIpc) is 2.25. The van der Waals surface area contributed by atoms with Crippen molar-refractivity contribution in [3.05, 3.63) is 0 Å². The van der Waals surface area contributed by atoms with E-state index in [9.17, 15) is 43.2 Å². The van der Waals surface area contributed by atoms with Gasteiger partial charge in [0.25, 0.3) is 9.84 Å². The maximum atomic E-state index is 12.3. The van der Waals surface area contributed by atoms with Crippen LogP contribution < -0.4 is 0 Å². The van der Waals surface area contributed by atoms with E-state index in [0.29, 0.717) is 6.92 Å². The molecule has 0 aliphatic heterocycles. The molecule has 0 saturated heterocycles. The lowest BCUT2D eigenvalue weighted by molar-refractivity contribution is -0.0540. The van der Waals surface area contributed by atoms with Crippen LogP contribution in [0.4, 0.5) is 26.3 Å². The Hall–Kier alpha value is -1.58. The predicted octanol–water partition coefficient (Wildman–Crippen LogP) is 1.12. The van der Waals surface area contributed by atoms with Crippen LogP contribution in [0, 0.1) is 0 Å². The van der Waals surface area contributed by atoms with Crippen LogP contribution >= 0.6 is 0 Å². The van der Waals surface area contributed by atoms with Gasteiger partial charge in [0, 0.05) is 0 Å². The van der Waals surface area contributed by atoms with E-state index in [2.05, 4.69) is 14.3 Å². The third-order valence-electron chi connectivity index (χ3n) is 1.60. The molecule has 0 bridgehead atoms. The van der Waals surface area contributed by atoms with Crippen molar-refractivity contribution in [1.82, 2.24) is 0 Å². The molecule has 0 radical (unpaired) electrons. The zero-order valence-corrected chi connectivity index (χ0v) is 12.1. The smallest absolute Gasteiger partial charge is 0.399 e. The molecule has 0 rings (SSSR count). The zero-order valence-electron chi connectivity index (χ0n) is 10.4. The Bertz CT molecular complexity index is 673. The summed E-state index contributed by atoms with van der Waals surface area (Å²) in [5.41, 5.74) is -13.2. The largest absolute Gasteiger partial charge is 0.536 e. The highest BCUT2D eigenvalue weighted by Gasteiger charge is 2.53. The van der Waals surface area contributed by atoms with Gasteiger partial charge in [-0.3, -0.25) is 4.28 Å². The van der Waals surface area contributed by atoms with Crippen LogP contribution in [0.3, 0.4) is 0 Å². The maximum absolute atomic E-state index is 12.3. The van der Waals surface area contributed by atoms with Gasteiger partial charge in [0.05, 0.1) is 0 Å². The quantitative estimate of drug-likeness (QED) is 0.238. The number of oxime groups is 2. The van der Waals surface area contributed by atoms with Crippen LogP contribution in [0.2, 0.25) is 0 Å². The fraction of sp³-hybridized carbons (Fsp3) is 0.667. The summed E-state index contributed by atoms with van der Waals surface area (Å²) >= 11 is 0. The topological polar surface area (TPSA) is 111 Å². The van der Waals surface area contributed by atoms with Gasteiger partial charge in [-0.05, 0) is 6.92 Å². The number of alkyl halides is 6. The van der Waals surface area contributed by atoms with Gasteiger partial charge in [0.1, 0.15) is 12.8 Å². The molecule has 0 aromatic heterocycles. The molecular weight excluding hydrogens is 374 g/mol. The highest BCUT2D eigenvalue weighted by atomic mass is 32.2. The molecule has 0 spiro atoms. The normalized spacial score (nSPS) is 15.6. The fourth-order valence-electron chi connectivity index (χ4n) is 0.720. The monoisotopic (exact) mass is 380 g/mol. The first-order valence-electron chi connectivity index (χ1n) is 4.55. The number of halogens is 6. The number of sulfone groups is 1. The highest BCUT2D eigenvalue weighted by molar-refractivity contribution is 8.09. The van der Waals surface area contributed by atoms with Crippen molar-refractivity contribution in [3.8, 4) is 0 Å². The Balaban J connectivity index is 6.08. The minimum Gasteiger partial charge on any atom is -0.399 e. The Morgan fingerprint density at radius 1 is 0.909 bits per heavy atom. The molecule has 0 aliphatic rings. The molecular formula is C6H6F6N2O6S2. The van der Waals surface area contributed by atoms with E-state index in [1.807, 2.05) is 5.16 Å². The molecule has 8 nitrogen and oxygen atoms in total. The molecule has 0 aromatic carbocycles. The van der Waals surface area contributed by atoms with E-state index >= 15 is 0 Å². The molecule has 0 aliphatic carbocycles. The van der Waals surface area contributed by atoms with Gasteiger partial charge in [-0.1, -0.05) is 10.3 Å². The summed E-state index contributed by atoms with van der Waals surface area (Å²) in [6.45, 7) is 0.551.